The van der Waals surface area contributed by atoms with E-state index >= 15 is 0 Å². The van der Waals surface area contributed by atoms with E-state index in [1.807, 2.05) is 0 Å². The van der Waals surface area contributed by atoms with Gasteiger partial charge in [-0.05, 0) is 24.3 Å². The van der Waals surface area contributed by atoms with Crippen molar-refractivity contribution in [3.63, 3.8) is 0 Å². The normalized spacial score (nSPS) is 10.4. The van der Waals surface area contributed by atoms with Crippen LogP contribution in [0.5, 0.6) is 0 Å². The van der Waals surface area contributed by atoms with Crippen LogP contribution in [0.3, 0.4) is 0 Å². The Morgan fingerprint density at radius 1 is 1.25 bits per heavy atom. The Kier molecular flexibility index (Phi) is 4.25. The third-order valence-electron chi connectivity index (χ3n) is 2.51. The van der Waals surface area contributed by atoms with Gasteiger partial charge in [0.1, 0.15) is 5.82 Å². The molecule has 0 saturated carbocycles. The van der Waals surface area contributed by atoms with E-state index in [0.29, 0.717) is 10.5 Å². The highest BCUT2D eigenvalue weighted by molar-refractivity contribution is 9.10. The molecule has 2 aromatic carbocycles. The van der Waals surface area contributed by atoms with E-state index in [0.717, 1.165) is 6.07 Å². The molecule has 0 radical (unpaired) electrons. The van der Waals surface area contributed by atoms with Gasteiger partial charge >= 0.3 is 0 Å². The number of carbonyl (C=O) groups is 1. The van der Waals surface area contributed by atoms with E-state index in [1.54, 1.807) is 6.07 Å². The van der Waals surface area contributed by atoms with Gasteiger partial charge in [-0.1, -0.05) is 27.5 Å². The Bertz CT molecular complexity index is 671. The molecule has 0 saturated heterocycles. The van der Waals surface area contributed by atoms with Crippen LogP contribution in [0.25, 0.3) is 0 Å². The lowest BCUT2D eigenvalue weighted by Crippen LogP contribution is -2.15. The van der Waals surface area contributed by atoms with Gasteiger partial charge in [-0.2, -0.15) is 0 Å². The van der Waals surface area contributed by atoms with Crippen LogP contribution in [-0.4, -0.2) is 5.91 Å². The standard InChI is InChI=1S/C13H8BrClF2N2O/c14-6-1-2-11(18)8(3-6)13(20)19-12-9(15)4-7(16)5-10(12)17/h1-5H,18H2,(H,19,20). The van der Waals surface area contributed by atoms with Crippen molar-refractivity contribution < 1.29 is 13.6 Å². The number of halogens is 4. The van der Waals surface area contributed by atoms with Gasteiger partial charge in [0.05, 0.1) is 16.3 Å². The quantitative estimate of drug-likeness (QED) is 0.787. The van der Waals surface area contributed by atoms with Gasteiger partial charge in [0, 0.05) is 16.2 Å². The lowest BCUT2D eigenvalue weighted by atomic mass is 10.1. The molecule has 104 valence electrons. The molecule has 0 aliphatic carbocycles. The van der Waals surface area contributed by atoms with Crippen LogP contribution in [0.4, 0.5) is 20.2 Å². The van der Waals surface area contributed by atoms with Crippen LogP contribution in [0.1, 0.15) is 10.4 Å². The molecule has 0 aromatic heterocycles. The summed E-state index contributed by atoms with van der Waals surface area (Å²) in [7, 11) is 0. The lowest BCUT2D eigenvalue weighted by Gasteiger charge is -2.10. The third kappa shape index (κ3) is 3.08. The van der Waals surface area contributed by atoms with Crippen LogP contribution in [0.2, 0.25) is 5.02 Å². The van der Waals surface area contributed by atoms with E-state index in [1.165, 1.54) is 12.1 Å². The van der Waals surface area contributed by atoms with Gasteiger partial charge in [0.15, 0.2) is 5.82 Å². The second-order valence-electron chi connectivity index (χ2n) is 3.93. The Morgan fingerprint density at radius 3 is 2.60 bits per heavy atom. The number of hydrogen-bond donors (Lipinski definition) is 2. The highest BCUT2D eigenvalue weighted by Gasteiger charge is 2.16. The number of amides is 1. The zero-order valence-corrected chi connectivity index (χ0v) is 12.2. The predicted octanol–water partition coefficient (Wildman–Crippen LogP) is 4.22. The number of anilines is 2. The number of hydrogen-bond acceptors (Lipinski definition) is 2. The molecule has 20 heavy (non-hydrogen) atoms. The number of nitrogen functional groups attached to an aromatic ring is 1. The molecule has 1 amide bonds. The monoisotopic (exact) mass is 360 g/mol. The molecular weight excluding hydrogens is 354 g/mol. The second-order valence-corrected chi connectivity index (χ2v) is 5.25. The predicted molar refractivity (Wildman–Crippen MR) is 77.9 cm³/mol. The fraction of sp³-hybridized carbons (Fsp3) is 0. The summed E-state index contributed by atoms with van der Waals surface area (Å²) in [6.07, 6.45) is 0. The first-order chi connectivity index (χ1) is 9.38. The minimum absolute atomic E-state index is 0.152. The Labute approximate surface area is 126 Å². The highest BCUT2D eigenvalue weighted by Crippen LogP contribution is 2.28. The summed E-state index contributed by atoms with van der Waals surface area (Å²) in [5.74, 6) is -2.43. The summed E-state index contributed by atoms with van der Waals surface area (Å²) in [5.41, 5.74) is 5.76. The molecule has 3 nitrogen and oxygen atoms in total. The molecule has 7 heteroatoms. The van der Waals surface area contributed by atoms with Gasteiger partial charge in [0.2, 0.25) is 0 Å². The van der Waals surface area contributed by atoms with Gasteiger partial charge in [0.25, 0.3) is 5.91 Å². The van der Waals surface area contributed by atoms with Gasteiger partial charge in [-0.25, -0.2) is 8.78 Å². The molecular formula is C13H8BrClF2N2O. The second kappa shape index (κ2) is 5.76. The molecule has 0 fully saturated rings. The molecule has 3 N–H and O–H groups in total. The zero-order valence-electron chi connectivity index (χ0n) is 9.88. The Morgan fingerprint density at radius 2 is 1.95 bits per heavy atom. The summed E-state index contributed by atoms with van der Waals surface area (Å²) >= 11 is 8.91. The van der Waals surface area contributed by atoms with Crippen molar-refractivity contribution >= 4 is 44.8 Å². The SMILES string of the molecule is Nc1ccc(Br)cc1C(=O)Nc1c(F)cc(F)cc1Cl. The number of benzene rings is 2. The van der Waals surface area contributed by atoms with Gasteiger partial charge < -0.3 is 11.1 Å². The summed E-state index contributed by atoms with van der Waals surface area (Å²) in [5, 5.41) is 2.04. The molecule has 0 heterocycles. The largest absolute Gasteiger partial charge is 0.398 e. The topological polar surface area (TPSA) is 55.1 Å². The average molecular weight is 362 g/mol. The number of rotatable bonds is 2. The minimum Gasteiger partial charge on any atom is -0.398 e. The van der Waals surface area contributed by atoms with Crippen LogP contribution in [0, 0.1) is 11.6 Å². The number of nitrogens with two attached hydrogens (primary N) is 1. The first-order valence-electron chi connectivity index (χ1n) is 5.39. The molecule has 0 atom stereocenters. The highest BCUT2D eigenvalue weighted by atomic mass is 79.9. The summed E-state index contributed by atoms with van der Waals surface area (Å²) in [6, 6.07) is 6.22. The van der Waals surface area contributed by atoms with Crippen molar-refractivity contribution in [3.05, 3.63) is 57.0 Å². The van der Waals surface area contributed by atoms with Gasteiger partial charge in [-0.15, -0.1) is 0 Å². The summed E-state index contributed by atoms with van der Waals surface area (Å²) < 4.78 is 27.2. The fourth-order valence-corrected chi connectivity index (χ4v) is 2.17. The maximum absolute atomic E-state index is 13.6. The van der Waals surface area contributed by atoms with Crippen LogP contribution >= 0.6 is 27.5 Å². The van der Waals surface area contributed by atoms with E-state index in [4.69, 9.17) is 17.3 Å². The Hall–Kier alpha value is -1.66. The lowest BCUT2D eigenvalue weighted by molar-refractivity contribution is 0.102. The van der Waals surface area contributed by atoms with Crippen molar-refractivity contribution in [2.24, 2.45) is 0 Å². The van der Waals surface area contributed by atoms with E-state index in [9.17, 15) is 13.6 Å². The van der Waals surface area contributed by atoms with Crippen LogP contribution < -0.4 is 11.1 Å². The first kappa shape index (κ1) is 14.7. The third-order valence-corrected chi connectivity index (χ3v) is 3.30. The molecule has 0 aliphatic heterocycles. The maximum Gasteiger partial charge on any atom is 0.257 e. The fourth-order valence-electron chi connectivity index (χ4n) is 1.57. The van der Waals surface area contributed by atoms with Crippen LogP contribution in [-0.2, 0) is 0 Å². The smallest absolute Gasteiger partial charge is 0.257 e. The van der Waals surface area contributed by atoms with E-state index in [2.05, 4.69) is 21.2 Å². The number of carbonyl (C=O) groups excluding carboxylic acids is 1. The molecule has 2 rings (SSSR count). The van der Waals surface area contributed by atoms with Crippen molar-refractivity contribution in [2.45, 2.75) is 0 Å². The average Bonchev–Trinajstić information content (AvgIpc) is 2.36. The van der Waals surface area contributed by atoms with Crippen molar-refractivity contribution in [2.75, 3.05) is 11.1 Å². The molecule has 2 aromatic rings. The molecule has 0 unspecified atom stereocenters. The summed E-state index contributed by atoms with van der Waals surface area (Å²) in [6.45, 7) is 0. The van der Waals surface area contributed by atoms with Gasteiger partial charge in [-0.3, -0.25) is 4.79 Å². The van der Waals surface area contributed by atoms with E-state index in [-0.39, 0.29) is 22.0 Å². The Balaban J connectivity index is 2.35. The molecule has 0 bridgehead atoms. The van der Waals surface area contributed by atoms with Crippen molar-refractivity contribution in [1.29, 1.82) is 0 Å². The molecule has 0 aliphatic rings. The van der Waals surface area contributed by atoms with Crippen molar-refractivity contribution in [3.8, 4) is 0 Å². The molecule has 0 spiro atoms. The summed E-state index contributed by atoms with van der Waals surface area (Å²) in [4.78, 5) is 12.0. The maximum atomic E-state index is 13.6. The van der Waals surface area contributed by atoms with Crippen molar-refractivity contribution in [1.82, 2.24) is 0 Å². The first-order valence-corrected chi connectivity index (χ1v) is 6.56. The zero-order chi connectivity index (χ0) is 14.9. The van der Waals surface area contributed by atoms with E-state index < -0.39 is 17.5 Å². The number of nitrogens with one attached hydrogen (secondary N) is 1. The van der Waals surface area contributed by atoms with Crippen LogP contribution in [0.15, 0.2) is 34.8 Å². The minimum atomic E-state index is -0.961.